The number of quaternary nitrogens is 1. The van der Waals surface area contributed by atoms with Crippen LogP contribution in [0, 0.1) is 0 Å². The highest BCUT2D eigenvalue weighted by atomic mass is 16.2. The average Bonchev–Trinajstić information content (AvgIpc) is 2.16. The second-order valence-corrected chi connectivity index (χ2v) is 1.39. The third-order valence-electron chi connectivity index (χ3n) is 0.718. The summed E-state index contributed by atoms with van der Waals surface area (Å²) >= 11 is 0. The van der Waals surface area contributed by atoms with Crippen molar-refractivity contribution in [1.29, 1.82) is 0 Å². The molecule has 14 nitrogen and oxygen atoms in total. The van der Waals surface area contributed by atoms with Gasteiger partial charge in [-0.1, -0.05) is 0 Å². The predicted octanol–water partition coefficient (Wildman–Crippen LogP) is 2.21. The number of azide groups is 2. The smallest absolute Gasteiger partial charge is 0.164 e. The number of hydrogen-bond donors (Lipinski definition) is 1. The van der Waals surface area contributed by atoms with Crippen LogP contribution in [-0.4, -0.2) is 4.92 Å². The van der Waals surface area contributed by atoms with E-state index >= 15 is 0 Å². The molecule has 0 aromatic heterocycles. The highest BCUT2D eigenvalue weighted by molar-refractivity contribution is 4.37. The van der Waals surface area contributed by atoms with Crippen molar-refractivity contribution in [3.05, 3.63) is 41.8 Å². The lowest BCUT2D eigenvalue weighted by molar-refractivity contribution is -0.995. The maximum Gasteiger partial charge on any atom is 0.193 e. The number of nitrogens with zero attached hydrogens (tertiary/aromatic N) is 13. The van der Waals surface area contributed by atoms with E-state index in [2.05, 4.69) is 40.5 Å². The predicted molar refractivity (Wildman–Crippen MR) is 40.0 cm³/mol. The van der Waals surface area contributed by atoms with E-state index in [4.69, 9.17) is 22.1 Å². The molecule has 0 bridgehead atoms. The summed E-state index contributed by atoms with van der Waals surface area (Å²) < 4.78 is 0. The molecule has 0 rings (SSSR count). The first-order valence-corrected chi connectivity index (χ1v) is 2.65. The average molecular weight is 197 g/mol. The van der Waals surface area contributed by atoms with Gasteiger partial charge in [0.05, 0.1) is 14.7 Å². The molecule has 0 atom stereocenters. The zero-order valence-corrected chi connectivity index (χ0v) is 6.31. The Morgan fingerprint density at radius 3 is 1.50 bits per heavy atom. The molecule has 0 aliphatic rings. The lowest BCUT2D eigenvalue weighted by atomic mass is 11.8. The summed E-state index contributed by atoms with van der Waals surface area (Å²) in [7, 11) is 0. The van der Waals surface area contributed by atoms with E-state index in [1.165, 1.54) is 0 Å². The normalized spacial score (nSPS) is 11.4. The summed E-state index contributed by atoms with van der Waals surface area (Å²) in [6.07, 6.45) is 0. The van der Waals surface area contributed by atoms with Crippen molar-refractivity contribution in [2.75, 3.05) is 0 Å². The van der Waals surface area contributed by atoms with Crippen LogP contribution in [0.2, 0.25) is 0 Å². The summed E-state index contributed by atoms with van der Waals surface area (Å²) in [4.78, 5) is 7.22. The fourth-order valence-electron chi connectivity index (χ4n) is 0.361. The first-order chi connectivity index (χ1) is 6.74. The summed E-state index contributed by atoms with van der Waals surface area (Å²) in [5, 5.41) is 11.0. The van der Waals surface area contributed by atoms with Crippen molar-refractivity contribution in [1.82, 2.24) is 5.53 Å². The van der Waals surface area contributed by atoms with Gasteiger partial charge in [-0.05, 0) is 5.53 Å². The van der Waals surface area contributed by atoms with Gasteiger partial charge in [-0.25, -0.2) is 0 Å². The SMILES string of the molecule is [N-]=[N+]=NN[N+](N=[N+]=[N-])(N=[N+]=[N-])N=[N+]=[N-]. The molecule has 0 radical (unpaired) electrons. The standard InChI is InChI=1S/HN14/c1-5-9-13-14(10-6-2,11-7-3)12-8-4/h13H/q+1. The molecule has 0 spiro atoms. The van der Waals surface area contributed by atoms with Gasteiger partial charge in [0.2, 0.25) is 0 Å². The molecular formula is HN14+. The lowest BCUT2D eigenvalue weighted by Crippen LogP contribution is -2.39. The molecular weight excluding hydrogens is 196 g/mol. The molecule has 0 aliphatic heterocycles. The van der Waals surface area contributed by atoms with E-state index < -0.39 is 4.92 Å². The second kappa shape index (κ2) is 5.62. The largest absolute Gasteiger partial charge is 0.193 e. The number of rotatable bonds is 5. The lowest BCUT2D eigenvalue weighted by Gasteiger charge is -2.05. The minimum atomic E-state index is -1.66. The van der Waals surface area contributed by atoms with Gasteiger partial charge >= 0.3 is 0 Å². The highest BCUT2D eigenvalue weighted by Gasteiger charge is 2.31. The van der Waals surface area contributed by atoms with Crippen LogP contribution in [0.5, 0.6) is 0 Å². The summed E-state index contributed by atoms with van der Waals surface area (Å²) in [5.74, 6) is 0. The van der Waals surface area contributed by atoms with Crippen LogP contribution in [0.4, 0.5) is 0 Å². The maximum absolute atomic E-state index is 8.06. The summed E-state index contributed by atoms with van der Waals surface area (Å²) in [5.41, 5.74) is 33.8. The Hall–Kier alpha value is -3.00. The molecule has 0 heterocycles. The first kappa shape index (κ1) is 11.0. The van der Waals surface area contributed by atoms with Crippen molar-refractivity contribution in [2.24, 2.45) is 20.9 Å². The fourth-order valence-corrected chi connectivity index (χ4v) is 0.361. The van der Waals surface area contributed by atoms with Crippen LogP contribution >= 0.6 is 0 Å². The van der Waals surface area contributed by atoms with Gasteiger partial charge < -0.3 is 0 Å². The van der Waals surface area contributed by atoms with Gasteiger partial charge in [0.25, 0.3) is 0 Å². The molecule has 0 saturated heterocycles. The van der Waals surface area contributed by atoms with E-state index in [0.29, 0.717) is 0 Å². The molecule has 0 aromatic carbocycles. The van der Waals surface area contributed by atoms with Crippen LogP contribution in [-0.2, 0) is 0 Å². The zero-order chi connectivity index (χ0) is 10.9. The molecule has 0 amide bonds. The van der Waals surface area contributed by atoms with E-state index in [1.807, 2.05) is 0 Å². The third kappa shape index (κ3) is 2.94. The van der Waals surface area contributed by atoms with E-state index in [9.17, 15) is 0 Å². The van der Waals surface area contributed by atoms with E-state index in [1.54, 1.807) is 5.53 Å². The Morgan fingerprint density at radius 1 is 0.786 bits per heavy atom. The first-order valence-electron chi connectivity index (χ1n) is 2.65. The van der Waals surface area contributed by atoms with E-state index in [0.717, 1.165) is 0 Å². The zero-order valence-electron chi connectivity index (χ0n) is 6.31. The minimum Gasteiger partial charge on any atom is -0.164 e. The van der Waals surface area contributed by atoms with Gasteiger partial charge in [-0.2, -0.15) is 4.91 Å². The number of nitrogens with one attached hydrogen (secondary N) is 1. The quantitative estimate of drug-likeness (QED) is 0.227. The Labute approximate surface area is 74.3 Å². The molecule has 70 valence electrons. The number of hydrogen-bond acceptors (Lipinski definition) is 4. The minimum absolute atomic E-state index is 1.66. The fraction of sp³-hybridized carbons (Fsp3) is 0. The van der Waals surface area contributed by atoms with Crippen molar-refractivity contribution in [3.8, 4) is 0 Å². The van der Waals surface area contributed by atoms with Crippen molar-refractivity contribution in [2.45, 2.75) is 0 Å². The van der Waals surface area contributed by atoms with Gasteiger partial charge in [0.1, 0.15) is 0 Å². The molecule has 0 saturated carbocycles. The van der Waals surface area contributed by atoms with Crippen molar-refractivity contribution < 1.29 is 4.92 Å². The molecule has 0 fully saturated rings. The molecule has 14 heteroatoms. The van der Waals surface area contributed by atoms with Crippen LogP contribution < -0.4 is 5.53 Å². The molecule has 0 unspecified atom stereocenters. The van der Waals surface area contributed by atoms with Gasteiger partial charge in [0.15, 0.2) is 20.6 Å². The molecule has 0 aromatic rings. The van der Waals surface area contributed by atoms with Crippen LogP contribution in [0.25, 0.3) is 41.8 Å². The Balaban J connectivity index is 5.32. The van der Waals surface area contributed by atoms with Crippen LogP contribution in [0.1, 0.15) is 0 Å². The van der Waals surface area contributed by atoms with E-state index in [-0.39, 0.29) is 0 Å². The highest BCUT2D eigenvalue weighted by Crippen LogP contribution is 2.07. The molecule has 1 N–H and O–H groups in total. The third-order valence-corrected chi connectivity index (χ3v) is 0.718. The van der Waals surface area contributed by atoms with Gasteiger partial charge in [-0.15, -0.1) is 5.53 Å². The topological polar surface area (TPSA) is 207 Å². The summed E-state index contributed by atoms with van der Waals surface area (Å²) in [6, 6.07) is 0. The monoisotopic (exact) mass is 197 g/mol. The van der Waals surface area contributed by atoms with Crippen molar-refractivity contribution in [3.63, 3.8) is 0 Å². The summed E-state index contributed by atoms with van der Waals surface area (Å²) in [6.45, 7) is 0. The Morgan fingerprint density at radius 2 is 1.21 bits per heavy atom. The van der Waals surface area contributed by atoms with Crippen LogP contribution in [0.3, 0.4) is 0 Å². The van der Waals surface area contributed by atoms with Gasteiger partial charge in [-0.3, -0.25) is 0 Å². The maximum atomic E-state index is 8.06. The molecule has 14 heavy (non-hydrogen) atoms. The second-order valence-electron chi connectivity index (χ2n) is 1.39. The Kier molecular flexibility index (Phi) is 4.42. The molecule has 0 aliphatic carbocycles. The Bertz CT molecular complexity index is 325. The van der Waals surface area contributed by atoms with Gasteiger partial charge in [0, 0.05) is 21.8 Å². The van der Waals surface area contributed by atoms with Crippen molar-refractivity contribution >= 4 is 0 Å². The van der Waals surface area contributed by atoms with Crippen LogP contribution in [0.15, 0.2) is 20.9 Å².